The maximum Gasteiger partial charge on any atom is 0.230 e. The van der Waals surface area contributed by atoms with Crippen LogP contribution in [0.25, 0.3) is 17.1 Å². The van der Waals surface area contributed by atoms with Crippen LogP contribution in [0.5, 0.6) is 5.75 Å². The monoisotopic (exact) mass is 431 g/mol. The van der Waals surface area contributed by atoms with Gasteiger partial charge in [0.1, 0.15) is 5.75 Å². The third-order valence-corrected chi connectivity index (χ3v) is 5.50. The van der Waals surface area contributed by atoms with Crippen molar-refractivity contribution in [2.45, 2.75) is 11.7 Å². The summed E-state index contributed by atoms with van der Waals surface area (Å²) in [6, 6.07) is 21.2. The van der Waals surface area contributed by atoms with Crippen molar-refractivity contribution in [2.75, 3.05) is 12.9 Å². The number of nitrogens with zero attached hydrogens (tertiary/aromatic N) is 4. The van der Waals surface area contributed by atoms with E-state index in [0.717, 1.165) is 22.6 Å². The number of rotatable bonds is 8. The molecule has 0 aliphatic rings. The number of benzene rings is 2. The highest BCUT2D eigenvalue weighted by Crippen LogP contribution is 2.28. The number of carbonyl (C=O) groups excluding carboxylic acids is 1. The molecule has 0 spiro atoms. The first-order valence-corrected chi connectivity index (χ1v) is 10.7. The number of methoxy groups -OCH3 is 1. The molecule has 31 heavy (non-hydrogen) atoms. The highest BCUT2D eigenvalue weighted by molar-refractivity contribution is 7.99. The second kappa shape index (κ2) is 9.90. The van der Waals surface area contributed by atoms with Crippen LogP contribution in [0.1, 0.15) is 5.56 Å². The van der Waals surface area contributed by atoms with E-state index in [4.69, 9.17) is 4.74 Å². The number of hydrogen-bond acceptors (Lipinski definition) is 6. The molecule has 4 aromatic rings. The molecular weight excluding hydrogens is 410 g/mol. The van der Waals surface area contributed by atoms with E-state index in [0.29, 0.717) is 17.5 Å². The molecule has 1 N–H and O–H groups in total. The summed E-state index contributed by atoms with van der Waals surface area (Å²) in [6.45, 7) is 0.494. The molecule has 156 valence electrons. The third-order valence-electron chi connectivity index (χ3n) is 4.57. The number of ether oxygens (including phenoxy) is 1. The highest BCUT2D eigenvalue weighted by atomic mass is 32.2. The van der Waals surface area contributed by atoms with Gasteiger partial charge in [-0.3, -0.25) is 14.3 Å². The number of carbonyl (C=O) groups is 1. The van der Waals surface area contributed by atoms with E-state index < -0.39 is 0 Å². The Kier molecular flexibility index (Phi) is 6.59. The van der Waals surface area contributed by atoms with Gasteiger partial charge in [0.15, 0.2) is 11.0 Å². The molecular formula is C23H21N5O2S. The highest BCUT2D eigenvalue weighted by Gasteiger charge is 2.17. The van der Waals surface area contributed by atoms with E-state index in [-0.39, 0.29) is 11.7 Å². The first-order chi connectivity index (χ1) is 15.2. The van der Waals surface area contributed by atoms with E-state index in [2.05, 4.69) is 20.5 Å². The number of pyridine rings is 1. The first kappa shape index (κ1) is 20.6. The van der Waals surface area contributed by atoms with E-state index >= 15 is 0 Å². The van der Waals surface area contributed by atoms with Crippen LogP contribution in [0.15, 0.2) is 84.3 Å². The van der Waals surface area contributed by atoms with Gasteiger partial charge in [0.2, 0.25) is 5.91 Å². The van der Waals surface area contributed by atoms with Crippen molar-refractivity contribution in [3.63, 3.8) is 0 Å². The fourth-order valence-electron chi connectivity index (χ4n) is 2.99. The van der Waals surface area contributed by atoms with Crippen molar-refractivity contribution < 1.29 is 9.53 Å². The van der Waals surface area contributed by atoms with Gasteiger partial charge in [0.05, 0.1) is 12.9 Å². The van der Waals surface area contributed by atoms with Crippen molar-refractivity contribution >= 4 is 17.7 Å². The Morgan fingerprint density at radius 1 is 1.00 bits per heavy atom. The molecule has 0 atom stereocenters. The number of aromatic nitrogens is 4. The van der Waals surface area contributed by atoms with E-state index in [1.54, 1.807) is 19.5 Å². The van der Waals surface area contributed by atoms with Crippen molar-refractivity contribution in [1.29, 1.82) is 0 Å². The van der Waals surface area contributed by atoms with Crippen LogP contribution in [0.2, 0.25) is 0 Å². The molecule has 0 bridgehead atoms. The van der Waals surface area contributed by atoms with Crippen molar-refractivity contribution in [3.05, 3.63) is 84.7 Å². The standard InChI is InChI=1S/C23H21N5O2S/c1-30-20-9-7-19(8-10-20)28-22(18-11-13-24-14-12-18)26-27-23(28)31-16-21(29)25-15-17-5-3-2-4-6-17/h2-14H,15-16H2,1H3,(H,25,29). The topological polar surface area (TPSA) is 81.9 Å². The van der Waals surface area contributed by atoms with E-state index in [1.165, 1.54) is 11.8 Å². The lowest BCUT2D eigenvalue weighted by Crippen LogP contribution is -2.24. The maximum atomic E-state index is 12.4. The summed E-state index contributed by atoms with van der Waals surface area (Å²) in [5.41, 5.74) is 2.82. The number of amides is 1. The third kappa shape index (κ3) is 5.10. The molecule has 0 aliphatic carbocycles. The molecule has 2 aromatic heterocycles. The minimum Gasteiger partial charge on any atom is -0.497 e. The fraction of sp³-hybridized carbons (Fsp3) is 0.130. The lowest BCUT2D eigenvalue weighted by Gasteiger charge is -2.11. The Morgan fingerprint density at radius 2 is 1.74 bits per heavy atom. The summed E-state index contributed by atoms with van der Waals surface area (Å²) < 4.78 is 7.20. The summed E-state index contributed by atoms with van der Waals surface area (Å²) in [5, 5.41) is 12.3. The van der Waals surface area contributed by atoms with Gasteiger partial charge in [-0.2, -0.15) is 0 Å². The molecule has 7 nitrogen and oxygen atoms in total. The maximum absolute atomic E-state index is 12.4. The Labute approximate surface area is 184 Å². The number of nitrogens with one attached hydrogen (secondary N) is 1. The molecule has 2 aromatic carbocycles. The van der Waals surface area contributed by atoms with E-state index in [1.807, 2.05) is 71.3 Å². The van der Waals surface area contributed by atoms with Gasteiger partial charge in [0.25, 0.3) is 0 Å². The second-order valence-corrected chi connectivity index (χ2v) is 7.57. The normalized spacial score (nSPS) is 10.6. The zero-order valence-corrected chi connectivity index (χ0v) is 17.7. The van der Waals surface area contributed by atoms with Crippen LogP contribution >= 0.6 is 11.8 Å². The molecule has 1 amide bonds. The summed E-state index contributed by atoms with van der Waals surface area (Å²) in [5.74, 6) is 1.61. The van der Waals surface area contributed by atoms with Crippen LogP contribution < -0.4 is 10.1 Å². The molecule has 0 radical (unpaired) electrons. The summed E-state index contributed by atoms with van der Waals surface area (Å²) in [4.78, 5) is 16.5. The van der Waals surface area contributed by atoms with Gasteiger partial charge in [-0.1, -0.05) is 42.1 Å². The molecule has 2 heterocycles. The fourth-order valence-corrected chi connectivity index (χ4v) is 3.77. The summed E-state index contributed by atoms with van der Waals surface area (Å²) in [6.07, 6.45) is 3.43. The molecule has 0 aliphatic heterocycles. The second-order valence-electron chi connectivity index (χ2n) is 6.63. The van der Waals surface area contributed by atoms with Crippen LogP contribution in [-0.2, 0) is 11.3 Å². The van der Waals surface area contributed by atoms with Gasteiger partial charge < -0.3 is 10.1 Å². The summed E-state index contributed by atoms with van der Waals surface area (Å²) in [7, 11) is 1.63. The van der Waals surface area contributed by atoms with E-state index in [9.17, 15) is 4.79 Å². The van der Waals surface area contributed by atoms with Gasteiger partial charge in [-0.05, 0) is 42.0 Å². The Balaban J connectivity index is 1.54. The van der Waals surface area contributed by atoms with Gasteiger partial charge in [0, 0.05) is 30.2 Å². The molecule has 0 saturated carbocycles. The molecule has 0 fully saturated rings. The zero-order chi connectivity index (χ0) is 21.5. The molecule has 0 unspecified atom stereocenters. The Hall–Kier alpha value is -3.65. The smallest absolute Gasteiger partial charge is 0.230 e. The number of hydrogen-bond donors (Lipinski definition) is 1. The lowest BCUT2D eigenvalue weighted by atomic mass is 10.2. The Morgan fingerprint density at radius 3 is 2.45 bits per heavy atom. The van der Waals surface area contributed by atoms with Gasteiger partial charge in [-0.15, -0.1) is 10.2 Å². The zero-order valence-electron chi connectivity index (χ0n) is 16.9. The average Bonchev–Trinajstić information content (AvgIpc) is 3.26. The average molecular weight is 432 g/mol. The van der Waals surface area contributed by atoms with Gasteiger partial charge in [-0.25, -0.2) is 0 Å². The number of thioether (sulfide) groups is 1. The van der Waals surface area contributed by atoms with Crippen LogP contribution in [0, 0.1) is 0 Å². The minimum absolute atomic E-state index is 0.0661. The van der Waals surface area contributed by atoms with Crippen LogP contribution in [-0.4, -0.2) is 38.5 Å². The predicted octanol–water partition coefficient (Wildman–Crippen LogP) is 3.75. The van der Waals surface area contributed by atoms with Crippen molar-refractivity contribution in [2.24, 2.45) is 0 Å². The van der Waals surface area contributed by atoms with Crippen molar-refractivity contribution in [3.8, 4) is 22.8 Å². The van der Waals surface area contributed by atoms with Crippen LogP contribution in [0.3, 0.4) is 0 Å². The lowest BCUT2D eigenvalue weighted by molar-refractivity contribution is -0.118. The molecule has 8 heteroatoms. The first-order valence-electron chi connectivity index (χ1n) is 9.68. The minimum atomic E-state index is -0.0661. The van der Waals surface area contributed by atoms with Crippen LogP contribution in [0.4, 0.5) is 0 Å². The SMILES string of the molecule is COc1ccc(-n2c(SCC(=O)NCc3ccccc3)nnc2-c2ccncc2)cc1. The molecule has 0 saturated heterocycles. The molecule has 4 rings (SSSR count). The largest absolute Gasteiger partial charge is 0.497 e. The summed E-state index contributed by atoms with van der Waals surface area (Å²) >= 11 is 1.34. The van der Waals surface area contributed by atoms with Crippen molar-refractivity contribution in [1.82, 2.24) is 25.1 Å². The van der Waals surface area contributed by atoms with Gasteiger partial charge >= 0.3 is 0 Å². The quantitative estimate of drug-likeness (QED) is 0.428. The Bertz CT molecular complexity index is 1130. The predicted molar refractivity (Wildman–Crippen MR) is 120 cm³/mol.